The minimum atomic E-state index is -0.465. The Labute approximate surface area is 134 Å². The fraction of sp³-hybridized carbons (Fsp3) is 0.235. The third-order valence-electron chi connectivity index (χ3n) is 3.48. The molecule has 1 amide bonds. The number of hydrogen-bond acceptors (Lipinski definition) is 4. The molecule has 6 heteroatoms. The van der Waals surface area contributed by atoms with Crippen LogP contribution in [-0.2, 0) is 4.79 Å². The van der Waals surface area contributed by atoms with Crippen LogP contribution in [0.25, 0.3) is 0 Å². The molecule has 0 saturated heterocycles. The van der Waals surface area contributed by atoms with E-state index in [9.17, 15) is 14.9 Å². The number of nitro groups is 1. The highest BCUT2D eigenvalue weighted by Gasteiger charge is 2.09. The number of carbonyl (C=O) groups excluding carboxylic acids is 1. The smallest absolute Gasteiger partial charge is 0.271 e. The Hall–Kier alpha value is -2.89. The second-order valence-electron chi connectivity index (χ2n) is 5.28. The average Bonchev–Trinajstić information content (AvgIpc) is 2.58. The molecule has 2 aromatic rings. The van der Waals surface area contributed by atoms with Gasteiger partial charge in [-0.1, -0.05) is 43.3 Å². The molecule has 120 valence electrons. The SMILES string of the molecule is C[C@H](CNC(=O)CNc1cccc([N+](=O)[O-])c1)c1ccccc1. The highest BCUT2D eigenvalue weighted by molar-refractivity contribution is 5.80. The predicted molar refractivity (Wildman–Crippen MR) is 89.5 cm³/mol. The van der Waals surface area contributed by atoms with E-state index in [-0.39, 0.29) is 24.1 Å². The lowest BCUT2D eigenvalue weighted by Gasteiger charge is -2.13. The van der Waals surface area contributed by atoms with Gasteiger partial charge in [-0.25, -0.2) is 0 Å². The molecule has 0 aliphatic heterocycles. The lowest BCUT2D eigenvalue weighted by atomic mass is 10.0. The lowest BCUT2D eigenvalue weighted by molar-refractivity contribution is -0.384. The minimum absolute atomic E-state index is 0.00638. The van der Waals surface area contributed by atoms with Crippen molar-refractivity contribution in [3.05, 3.63) is 70.3 Å². The van der Waals surface area contributed by atoms with Crippen LogP contribution in [0.3, 0.4) is 0 Å². The first-order valence-corrected chi connectivity index (χ1v) is 7.36. The molecule has 23 heavy (non-hydrogen) atoms. The van der Waals surface area contributed by atoms with Gasteiger partial charge in [0.1, 0.15) is 0 Å². The zero-order chi connectivity index (χ0) is 16.7. The van der Waals surface area contributed by atoms with Gasteiger partial charge in [-0.05, 0) is 17.5 Å². The number of non-ortho nitro benzene ring substituents is 1. The van der Waals surface area contributed by atoms with Crippen LogP contribution in [0.2, 0.25) is 0 Å². The van der Waals surface area contributed by atoms with Crippen LogP contribution in [-0.4, -0.2) is 23.9 Å². The maximum absolute atomic E-state index is 11.9. The predicted octanol–water partition coefficient (Wildman–Crippen LogP) is 2.93. The topological polar surface area (TPSA) is 84.3 Å². The zero-order valence-electron chi connectivity index (χ0n) is 12.9. The third kappa shape index (κ3) is 5.10. The van der Waals surface area contributed by atoms with Crippen molar-refractivity contribution in [3.8, 4) is 0 Å². The molecule has 6 nitrogen and oxygen atoms in total. The molecule has 0 fully saturated rings. The molecular weight excluding hydrogens is 294 g/mol. The van der Waals surface area contributed by atoms with Gasteiger partial charge in [0.25, 0.3) is 5.69 Å². The van der Waals surface area contributed by atoms with Crippen LogP contribution >= 0.6 is 0 Å². The van der Waals surface area contributed by atoms with Gasteiger partial charge in [0.15, 0.2) is 0 Å². The number of rotatable bonds is 7. The first kappa shape index (κ1) is 16.5. The normalized spacial score (nSPS) is 11.5. The Morgan fingerprint density at radius 2 is 1.91 bits per heavy atom. The molecule has 0 spiro atoms. The lowest BCUT2D eigenvalue weighted by Crippen LogP contribution is -2.32. The van der Waals surface area contributed by atoms with E-state index in [4.69, 9.17) is 0 Å². The van der Waals surface area contributed by atoms with Gasteiger partial charge < -0.3 is 10.6 Å². The number of benzene rings is 2. The van der Waals surface area contributed by atoms with Crippen molar-refractivity contribution in [2.45, 2.75) is 12.8 Å². The van der Waals surface area contributed by atoms with Crippen LogP contribution in [0, 0.1) is 10.1 Å². The van der Waals surface area contributed by atoms with E-state index in [1.165, 1.54) is 17.7 Å². The summed E-state index contributed by atoms with van der Waals surface area (Å²) in [5, 5.41) is 16.4. The van der Waals surface area contributed by atoms with Crippen molar-refractivity contribution in [1.82, 2.24) is 5.32 Å². The molecular formula is C17H19N3O3. The molecule has 0 radical (unpaired) electrons. The van der Waals surface area contributed by atoms with E-state index < -0.39 is 4.92 Å². The molecule has 2 N–H and O–H groups in total. The standard InChI is InChI=1S/C17H19N3O3/c1-13(14-6-3-2-4-7-14)11-19-17(21)12-18-15-8-5-9-16(10-15)20(22)23/h2-10,13,18H,11-12H2,1H3,(H,19,21)/t13-/m1/s1. The molecule has 0 aliphatic rings. The summed E-state index contributed by atoms with van der Waals surface area (Å²) in [4.78, 5) is 22.1. The number of hydrogen-bond donors (Lipinski definition) is 2. The van der Waals surface area contributed by atoms with Crippen molar-refractivity contribution in [1.29, 1.82) is 0 Å². The van der Waals surface area contributed by atoms with Gasteiger partial charge in [-0.15, -0.1) is 0 Å². The summed E-state index contributed by atoms with van der Waals surface area (Å²) in [6.07, 6.45) is 0. The number of carbonyl (C=O) groups is 1. The highest BCUT2D eigenvalue weighted by atomic mass is 16.6. The van der Waals surface area contributed by atoms with E-state index >= 15 is 0 Å². The summed E-state index contributed by atoms with van der Waals surface area (Å²) in [5.74, 6) is 0.0669. The molecule has 2 aromatic carbocycles. The molecule has 0 heterocycles. The molecule has 1 atom stereocenters. The van der Waals surface area contributed by atoms with Gasteiger partial charge in [0.2, 0.25) is 5.91 Å². The van der Waals surface area contributed by atoms with Gasteiger partial charge in [0, 0.05) is 24.4 Å². The first-order chi connectivity index (χ1) is 11.1. The number of amides is 1. The Morgan fingerprint density at radius 3 is 2.61 bits per heavy atom. The number of anilines is 1. The van der Waals surface area contributed by atoms with Crippen molar-refractivity contribution < 1.29 is 9.72 Å². The summed E-state index contributed by atoms with van der Waals surface area (Å²) in [5.41, 5.74) is 1.71. The van der Waals surface area contributed by atoms with Gasteiger partial charge in [0.05, 0.1) is 11.5 Å². The van der Waals surface area contributed by atoms with Gasteiger partial charge in [-0.2, -0.15) is 0 Å². The largest absolute Gasteiger partial charge is 0.376 e. The van der Waals surface area contributed by atoms with E-state index in [0.717, 1.165) is 0 Å². The van der Waals surface area contributed by atoms with Crippen molar-refractivity contribution in [3.63, 3.8) is 0 Å². The first-order valence-electron chi connectivity index (χ1n) is 7.36. The van der Waals surface area contributed by atoms with Crippen LogP contribution in [0.1, 0.15) is 18.4 Å². The monoisotopic (exact) mass is 313 g/mol. The van der Waals surface area contributed by atoms with E-state index in [0.29, 0.717) is 12.2 Å². The quantitative estimate of drug-likeness (QED) is 0.608. The third-order valence-corrected chi connectivity index (χ3v) is 3.48. The Morgan fingerprint density at radius 1 is 1.17 bits per heavy atom. The van der Waals surface area contributed by atoms with Crippen LogP contribution < -0.4 is 10.6 Å². The summed E-state index contributed by atoms with van der Waals surface area (Å²) >= 11 is 0. The maximum Gasteiger partial charge on any atom is 0.271 e. The maximum atomic E-state index is 11.9. The number of nitrogens with one attached hydrogen (secondary N) is 2. The van der Waals surface area contributed by atoms with Crippen molar-refractivity contribution >= 4 is 17.3 Å². The summed E-state index contributed by atoms with van der Waals surface area (Å²) in [6, 6.07) is 16.0. The molecule has 0 aromatic heterocycles. The molecule has 0 aliphatic carbocycles. The fourth-order valence-corrected chi connectivity index (χ4v) is 2.14. The van der Waals surface area contributed by atoms with E-state index in [1.807, 2.05) is 37.3 Å². The molecule has 2 rings (SSSR count). The molecule has 0 bridgehead atoms. The van der Waals surface area contributed by atoms with Crippen LogP contribution in [0.15, 0.2) is 54.6 Å². The van der Waals surface area contributed by atoms with Crippen molar-refractivity contribution in [2.24, 2.45) is 0 Å². The zero-order valence-corrected chi connectivity index (χ0v) is 12.9. The van der Waals surface area contributed by atoms with Crippen LogP contribution in [0.4, 0.5) is 11.4 Å². The van der Waals surface area contributed by atoms with Crippen molar-refractivity contribution in [2.75, 3.05) is 18.4 Å². The second-order valence-corrected chi connectivity index (χ2v) is 5.28. The number of nitrogens with zero attached hydrogens (tertiary/aromatic N) is 1. The molecule has 0 unspecified atom stereocenters. The summed E-state index contributed by atoms with van der Waals surface area (Å²) in [6.45, 7) is 2.66. The van der Waals surface area contributed by atoms with Crippen LogP contribution in [0.5, 0.6) is 0 Å². The summed E-state index contributed by atoms with van der Waals surface area (Å²) < 4.78 is 0. The molecule has 0 saturated carbocycles. The highest BCUT2D eigenvalue weighted by Crippen LogP contribution is 2.16. The van der Waals surface area contributed by atoms with E-state index in [1.54, 1.807) is 12.1 Å². The van der Waals surface area contributed by atoms with Gasteiger partial charge in [-0.3, -0.25) is 14.9 Å². The van der Waals surface area contributed by atoms with Gasteiger partial charge >= 0.3 is 0 Å². The Balaban J connectivity index is 1.79. The Bertz CT molecular complexity index is 674. The summed E-state index contributed by atoms with van der Waals surface area (Å²) in [7, 11) is 0. The number of nitro benzene ring substituents is 1. The fourth-order valence-electron chi connectivity index (χ4n) is 2.14. The average molecular weight is 313 g/mol. The Kier molecular flexibility index (Phi) is 5.68. The van der Waals surface area contributed by atoms with E-state index in [2.05, 4.69) is 10.6 Å². The minimum Gasteiger partial charge on any atom is -0.376 e. The second kappa shape index (κ2) is 7.93.